The number of alkyl halides is 3. The van der Waals surface area contributed by atoms with Crippen molar-refractivity contribution in [1.29, 1.82) is 0 Å². The van der Waals surface area contributed by atoms with Crippen molar-refractivity contribution < 1.29 is 22.8 Å². The summed E-state index contributed by atoms with van der Waals surface area (Å²) in [6.07, 6.45) is -2.38. The molecule has 2 fully saturated rings. The maximum absolute atomic E-state index is 12.5. The van der Waals surface area contributed by atoms with Crippen molar-refractivity contribution in [3.05, 3.63) is 0 Å². The molecule has 1 saturated carbocycles. The zero-order valence-corrected chi connectivity index (χ0v) is 11.1. The molecule has 0 bridgehead atoms. The molecule has 20 heavy (non-hydrogen) atoms. The summed E-state index contributed by atoms with van der Waals surface area (Å²) in [6.45, 7) is 0.322. The predicted molar refractivity (Wildman–Crippen MR) is 65.7 cm³/mol. The summed E-state index contributed by atoms with van der Waals surface area (Å²) in [5, 5.41) is 5.45. The second kappa shape index (κ2) is 6.01. The molecule has 1 unspecified atom stereocenters. The molecular formula is C13H19F3N2O2. The van der Waals surface area contributed by atoms with Crippen molar-refractivity contribution in [2.24, 2.45) is 11.8 Å². The number of hydrogen-bond donors (Lipinski definition) is 2. The van der Waals surface area contributed by atoms with Gasteiger partial charge in [0.15, 0.2) is 0 Å². The minimum absolute atomic E-state index is 0.0558. The molecule has 0 aromatic heterocycles. The Morgan fingerprint density at radius 1 is 1.15 bits per heavy atom. The van der Waals surface area contributed by atoms with Crippen LogP contribution in [-0.2, 0) is 9.59 Å². The molecule has 2 N–H and O–H groups in total. The summed E-state index contributed by atoms with van der Waals surface area (Å²) in [5.74, 6) is -1.70. The van der Waals surface area contributed by atoms with E-state index in [4.69, 9.17) is 0 Å². The van der Waals surface area contributed by atoms with Crippen LogP contribution in [0.5, 0.6) is 0 Å². The normalized spacial score (nSPS) is 31.6. The summed E-state index contributed by atoms with van der Waals surface area (Å²) in [6, 6.07) is -0.168. The van der Waals surface area contributed by atoms with Gasteiger partial charge in [-0.3, -0.25) is 9.59 Å². The van der Waals surface area contributed by atoms with Crippen LogP contribution >= 0.6 is 0 Å². The molecule has 114 valence electrons. The number of carbonyl (C=O) groups excluding carboxylic acids is 2. The number of rotatable bonds is 2. The Kier molecular flexibility index (Phi) is 4.55. The van der Waals surface area contributed by atoms with Crippen molar-refractivity contribution in [3.63, 3.8) is 0 Å². The van der Waals surface area contributed by atoms with Crippen LogP contribution in [0.15, 0.2) is 0 Å². The highest BCUT2D eigenvalue weighted by Gasteiger charge is 2.41. The van der Waals surface area contributed by atoms with Crippen LogP contribution < -0.4 is 10.6 Å². The Labute approximate surface area is 115 Å². The number of nitrogens with one attached hydrogen (secondary N) is 2. The average molecular weight is 292 g/mol. The van der Waals surface area contributed by atoms with Crippen LogP contribution in [0.1, 0.15) is 38.5 Å². The summed E-state index contributed by atoms with van der Waals surface area (Å²) < 4.78 is 37.6. The topological polar surface area (TPSA) is 58.2 Å². The Morgan fingerprint density at radius 2 is 1.80 bits per heavy atom. The largest absolute Gasteiger partial charge is 0.391 e. The van der Waals surface area contributed by atoms with Crippen LogP contribution in [-0.4, -0.2) is 30.6 Å². The van der Waals surface area contributed by atoms with Gasteiger partial charge in [0, 0.05) is 19.0 Å². The monoisotopic (exact) mass is 292 g/mol. The molecule has 0 aromatic rings. The average Bonchev–Trinajstić information content (AvgIpc) is 2.39. The number of hydrogen-bond acceptors (Lipinski definition) is 2. The molecule has 1 saturated heterocycles. The van der Waals surface area contributed by atoms with E-state index in [2.05, 4.69) is 10.6 Å². The van der Waals surface area contributed by atoms with Crippen molar-refractivity contribution in [1.82, 2.24) is 10.6 Å². The highest BCUT2D eigenvalue weighted by molar-refractivity contribution is 5.83. The van der Waals surface area contributed by atoms with Crippen LogP contribution in [0.3, 0.4) is 0 Å². The van der Waals surface area contributed by atoms with Crippen molar-refractivity contribution >= 4 is 11.8 Å². The van der Waals surface area contributed by atoms with E-state index in [0.717, 1.165) is 0 Å². The molecule has 0 radical (unpaired) electrons. The molecule has 1 atom stereocenters. The number of halogens is 3. The highest BCUT2D eigenvalue weighted by Crippen LogP contribution is 2.37. The lowest BCUT2D eigenvalue weighted by molar-refractivity contribution is -0.182. The molecule has 1 aliphatic carbocycles. The fourth-order valence-electron chi connectivity index (χ4n) is 2.84. The molecule has 2 rings (SSSR count). The lowest BCUT2D eigenvalue weighted by atomic mass is 9.85. The SMILES string of the molecule is O=C1CCC(C(=O)NC2CCC(C(F)(F)F)CC2)CN1. The van der Waals surface area contributed by atoms with Gasteiger partial charge in [-0.1, -0.05) is 0 Å². The minimum Gasteiger partial charge on any atom is -0.355 e. The van der Waals surface area contributed by atoms with Gasteiger partial charge in [0.05, 0.1) is 11.8 Å². The molecule has 1 aliphatic heterocycles. The maximum atomic E-state index is 12.5. The molecule has 0 spiro atoms. The third-order valence-corrected chi connectivity index (χ3v) is 4.17. The first-order chi connectivity index (χ1) is 9.36. The van der Waals surface area contributed by atoms with Gasteiger partial charge in [0.2, 0.25) is 11.8 Å². The van der Waals surface area contributed by atoms with Crippen LogP contribution in [0.25, 0.3) is 0 Å². The van der Waals surface area contributed by atoms with Gasteiger partial charge in [0.1, 0.15) is 0 Å². The molecular weight excluding hydrogens is 273 g/mol. The fraction of sp³-hybridized carbons (Fsp3) is 0.846. The first-order valence-electron chi connectivity index (χ1n) is 7.00. The highest BCUT2D eigenvalue weighted by atomic mass is 19.4. The van der Waals surface area contributed by atoms with E-state index in [1.165, 1.54) is 0 Å². The second-order valence-corrected chi connectivity index (χ2v) is 5.64. The van der Waals surface area contributed by atoms with Gasteiger partial charge < -0.3 is 10.6 Å². The van der Waals surface area contributed by atoms with E-state index < -0.39 is 12.1 Å². The fourth-order valence-corrected chi connectivity index (χ4v) is 2.84. The summed E-state index contributed by atoms with van der Waals surface area (Å²) in [5.41, 5.74) is 0. The Balaban J connectivity index is 1.75. The van der Waals surface area contributed by atoms with E-state index in [-0.39, 0.29) is 36.6 Å². The number of piperidine rings is 1. The Bertz CT molecular complexity index is 366. The third-order valence-electron chi connectivity index (χ3n) is 4.17. The smallest absolute Gasteiger partial charge is 0.355 e. The molecule has 4 nitrogen and oxygen atoms in total. The van der Waals surface area contributed by atoms with E-state index in [0.29, 0.717) is 32.2 Å². The number of amides is 2. The summed E-state index contributed by atoms with van der Waals surface area (Å²) >= 11 is 0. The lowest BCUT2D eigenvalue weighted by Gasteiger charge is -2.31. The van der Waals surface area contributed by atoms with Gasteiger partial charge in [-0.15, -0.1) is 0 Å². The van der Waals surface area contributed by atoms with Gasteiger partial charge in [0.25, 0.3) is 0 Å². The van der Waals surface area contributed by atoms with E-state index >= 15 is 0 Å². The summed E-state index contributed by atoms with van der Waals surface area (Å²) in [4.78, 5) is 23.0. The van der Waals surface area contributed by atoms with Crippen LogP contribution in [0.4, 0.5) is 13.2 Å². The first kappa shape index (κ1) is 15.1. The van der Waals surface area contributed by atoms with Crippen LogP contribution in [0, 0.1) is 11.8 Å². The van der Waals surface area contributed by atoms with Gasteiger partial charge in [-0.25, -0.2) is 0 Å². The molecule has 2 amide bonds. The number of carbonyl (C=O) groups is 2. The molecule has 2 aliphatic rings. The maximum Gasteiger partial charge on any atom is 0.391 e. The van der Waals surface area contributed by atoms with Crippen molar-refractivity contribution in [3.8, 4) is 0 Å². The Morgan fingerprint density at radius 3 is 2.30 bits per heavy atom. The Hall–Kier alpha value is -1.27. The van der Waals surface area contributed by atoms with E-state index in [1.807, 2.05) is 0 Å². The van der Waals surface area contributed by atoms with Gasteiger partial charge in [-0.2, -0.15) is 13.2 Å². The summed E-state index contributed by atoms with van der Waals surface area (Å²) in [7, 11) is 0. The molecule has 0 aromatic carbocycles. The zero-order valence-electron chi connectivity index (χ0n) is 11.1. The first-order valence-corrected chi connectivity index (χ1v) is 7.00. The quantitative estimate of drug-likeness (QED) is 0.814. The lowest BCUT2D eigenvalue weighted by Crippen LogP contribution is -2.47. The van der Waals surface area contributed by atoms with Gasteiger partial charge in [-0.05, 0) is 32.1 Å². The van der Waals surface area contributed by atoms with Gasteiger partial charge >= 0.3 is 6.18 Å². The van der Waals surface area contributed by atoms with Crippen molar-refractivity contribution in [2.75, 3.05) is 6.54 Å². The second-order valence-electron chi connectivity index (χ2n) is 5.64. The minimum atomic E-state index is -4.12. The zero-order chi connectivity index (χ0) is 14.8. The molecule has 7 heteroatoms. The standard InChI is InChI=1S/C13H19F3N2O2/c14-13(15,16)9-2-4-10(5-3-9)18-12(20)8-1-6-11(19)17-7-8/h8-10H,1-7H2,(H,17,19)(H,18,20). The third kappa shape index (κ3) is 3.86. The van der Waals surface area contributed by atoms with E-state index in [1.54, 1.807) is 0 Å². The van der Waals surface area contributed by atoms with Crippen molar-refractivity contribution in [2.45, 2.75) is 50.7 Å². The predicted octanol–water partition coefficient (Wildman–Crippen LogP) is 1.75. The van der Waals surface area contributed by atoms with E-state index in [9.17, 15) is 22.8 Å². The van der Waals surface area contributed by atoms with Crippen LogP contribution in [0.2, 0.25) is 0 Å². The molecule has 1 heterocycles.